The van der Waals surface area contributed by atoms with Crippen LogP contribution in [0.3, 0.4) is 0 Å². The van der Waals surface area contributed by atoms with Gasteiger partial charge in [0.1, 0.15) is 0 Å². The van der Waals surface area contributed by atoms with Gasteiger partial charge in [-0.3, -0.25) is 4.98 Å². The number of benzene rings is 1. The highest BCUT2D eigenvalue weighted by molar-refractivity contribution is 5.69. The molecule has 3 unspecified atom stereocenters. The minimum Gasteiger partial charge on any atom is -0.345 e. The molecule has 1 aliphatic heterocycles. The lowest BCUT2D eigenvalue weighted by atomic mass is 9.83. The summed E-state index contributed by atoms with van der Waals surface area (Å²) in [6, 6.07) is 12.4. The molecule has 1 fully saturated rings. The molecule has 0 saturated carbocycles. The molecule has 138 valence electrons. The van der Waals surface area contributed by atoms with Crippen LogP contribution in [-0.2, 0) is 9.47 Å². The van der Waals surface area contributed by atoms with E-state index in [4.69, 9.17) is 9.47 Å². The first-order valence-corrected chi connectivity index (χ1v) is 9.57. The number of pyridine rings is 1. The first-order chi connectivity index (χ1) is 12.6. The van der Waals surface area contributed by atoms with E-state index >= 15 is 0 Å². The Balaban J connectivity index is 1.66. The molecule has 3 atom stereocenters. The van der Waals surface area contributed by atoms with Crippen LogP contribution in [-0.4, -0.2) is 17.2 Å². The van der Waals surface area contributed by atoms with Crippen LogP contribution in [0.15, 0.2) is 48.8 Å². The molecule has 3 heteroatoms. The van der Waals surface area contributed by atoms with Crippen LogP contribution in [0.25, 0.3) is 12.2 Å². The summed E-state index contributed by atoms with van der Waals surface area (Å²) in [4.78, 5) is 4.04. The molecule has 3 rings (SSSR count). The van der Waals surface area contributed by atoms with Crippen molar-refractivity contribution in [2.24, 2.45) is 11.8 Å². The molecule has 0 amide bonds. The molecule has 1 saturated heterocycles. The van der Waals surface area contributed by atoms with Gasteiger partial charge in [0, 0.05) is 23.9 Å². The topological polar surface area (TPSA) is 31.4 Å². The lowest BCUT2D eigenvalue weighted by Crippen LogP contribution is -2.43. The van der Waals surface area contributed by atoms with Crippen LogP contribution in [0.1, 0.15) is 57.1 Å². The second-order valence-corrected chi connectivity index (χ2v) is 7.26. The molecule has 2 heterocycles. The average Bonchev–Trinajstić information content (AvgIpc) is 2.67. The van der Waals surface area contributed by atoms with Gasteiger partial charge in [-0.25, -0.2) is 0 Å². The highest BCUT2D eigenvalue weighted by Crippen LogP contribution is 2.37. The second kappa shape index (κ2) is 8.61. The zero-order valence-corrected chi connectivity index (χ0v) is 16.1. The zero-order chi connectivity index (χ0) is 18.5. The van der Waals surface area contributed by atoms with E-state index in [0.29, 0.717) is 11.8 Å². The third kappa shape index (κ3) is 4.40. The largest absolute Gasteiger partial charge is 0.345 e. The second-order valence-electron chi connectivity index (χ2n) is 7.26. The molecule has 26 heavy (non-hydrogen) atoms. The van der Waals surface area contributed by atoms with Gasteiger partial charge in [-0.2, -0.15) is 0 Å². The van der Waals surface area contributed by atoms with E-state index in [2.05, 4.69) is 69.1 Å². The molecule has 0 aliphatic carbocycles. The molecule has 0 spiro atoms. The van der Waals surface area contributed by atoms with Gasteiger partial charge >= 0.3 is 0 Å². The summed E-state index contributed by atoms with van der Waals surface area (Å²) in [5.41, 5.74) is 3.37. The summed E-state index contributed by atoms with van der Waals surface area (Å²) in [5, 5.41) is 0. The van der Waals surface area contributed by atoms with E-state index in [1.807, 2.05) is 12.1 Å². The van der Waals surface area contributed by atoms with Gasteiger partial charge in [0.05, 0.1) is 12.2 Å². The molecule has 0 radical (unpaired) electrons. The zero-order valence-electron chi connectivity index (χ0n) is 16.1. The van der Waals surface area contributed by atoms with Crippen molar-refractivity contribution in [2.75, 3.05) is 0 Å². The Morgan fingerprint density at radius 1 is 0.923 bits per heavy atom. The van der Waals surface area contributed by atoms with Gasteiger partial charge in [0.15, 0.2) is 6.29 Å². The Bertz CT molecular complexity index is 699. The lowest BCUT2D eigenvalue weighted by Gasteiger charge is -2.42. The monoisotopic (exact) mass is 351 g/mol. The number of nitrogens with zero attached hydrogens (tertiary/aromatic N) is 1. The first-order valence-electron chi connectivity index (χ1n) is 9.57. The van der Waals surface area contributed by atoms with Crippen molar-refractivity contribution >= 4 is 12.2 Å². The van der Waals surface area contributed by atoms with E-state index in [-0.39, 0.29) is 18.5 Å². The van der Waals surface area contributed by atoms with Crippen molar-refractivity contribution in [1.82, 2.24) is 4.98 Å². The van der Waals surface area contributed by atoms with E-state index in [9.17, 15) is 0 Å². The quantitative estimate of drug-likeness (QED) is 0.688. The number of hydrogen-bond acceptors (Lipinski definition) is 3. The van der Waals surface area contributed by atoms with Crippen LogP contribution >= 0.6 is 0 Å². The van der Waals surface area contributed by atoms with Gasteiger partial charge < -0.3 is 9.47 Å². The molecule has 1 aliphatic rings. The van der Waals surface area contributed by atoms with Gasteiger partial charge in [-0.05, 0) is 43.0 Å². The smallest absolute Gasteiger partial charge is 0.184 e. The maximum Gasteiger partial charge on any atom is 0.184 e. The normalized spacial score (nSPS) is 27.5. The van der Waals surface area contributed by atoms with Gasteiger partial charge in [0.25, 0.3) is 0 Å². The molecule has 2 aromatic rings. The predicted molar refractivity (Wildman–Crippen MR) is 106 cm³/mol. The van der Waals surface area contributed by atoms with E-state index < -0.39 is 0 Å². The fourth-order valence-electron chi connectivity index (χ4n) is 3.77. The minimum absolute atomic E-state index is 0.199. The SMILES string of the molecule is CCC(C)C1C(C)OC(c2ccc(C=Cc3ccncc3)cc2)OC1C. The van der Waals surface area contributed by atoms with Crippen molar-refractivity contribution in [3.05, 3.63) is 65.5 Å². The summed E-state index contributed by atoms with van der Waals surface area (Å²) in [7, 11) is 0. The Morgan fingerprint density at radius 2 is 1.46 bits per heavy atom. The lowest BCUT2D eigenvalue weighted by molar-refractivity contribution is -0.272. The molecule has 0 bridgehead atoms. The van der Waals surface area contributed by atoms with Crippen LogP contribution < -0.4 is 0 Å². The van der Waals surface area contributed by atoms with E-state index in [1.165, 1.54) is 0 Å². The van der Waals surface area contributed by atoms with Gasteiger partial charge in [-0.15, -0.1) is 0 Å². The van der Waals surface area contributed by atoms with E-state index in [0.717, 1.165) is 23.1 Å². The Kier molecular flexibility index (Phi) is 6.23. The van der Waals surface area contributed by atoms with Crippen molar-refractivity contribution in [2.45, 2.75) is 52.6 Å². The Morgan fingerprint density at radius 3 is 2.00 bits per heavy atom. The Hall–Kier alpha value is -1.97. The van der Waals surface area contributed by atoms with Crippen LogP contribution in [0.2, 0.25) is 0 Å². The van der Waals surface area contributed by atoms with Gasteiger partial charge in [-0.1, -0.05) is 56.7 Å². The fourth-order valence-corrected chi connectivity index (χ4v) is 3.77. The van der Waals surface area contributed by atoms with Gasteiger partial charge in [0.2, 0.25) is 0 Å². The molecule has 3 nitrogen and oxygen atoms in total. The number of ether oxygens (including phenoxy) is 2. The highest BCUT2D eigenvalue weighted by Gasteiger charge is 2.37. The van der Waals surface area contributed by atoms with Crippen LogP contribution in [0, 0.1) is 11.8 Å². The summed E-state index contributed by atoms with van der Waals surface area (Å²) < 4.78 is 12.4. The number of aromatic nitrogens is 1. The summed E-state index contributed by atoms with van der Waals surface area (Å²) in [5.74, 6) is 1.04. The maximum atomic E-state index is 6.20. The third-order valence-electron chi connectivity index (χ3n) is 5.44. The minimum atomic E-state index is -0.279. The maximum absolute atomic E-state index is 6.20. The van der Waals surface area contributed by atoms with Crippen molar-refractivity contribution in [1.29, 1.82) is 0 Å². The molecular weight excluding hydrogens is 322 g/mol. The summed E-state index contributed by atoms with van der Waals surface area (Å²) in [6.07, 6.45) is 9.06. The molecule has 1 aromatic heterocycles. The van der Waals surface area contributed by atoms with Crippen molar-refractivity contribution < 1.29 is 9.47 Å². The average molecular weight is 351 g/mol. The van der Waals surface area contributed by atoms with Crippen LogP contribution in [0.5, 0.6) is 0 Å². The Labute approximate surface area is 157 Å². The highest BCUT2D eigenvalue weighted by atomic mass is 16.7. The van der Waals surface area contributed by atoms with Crippen molar-refractivity contribution in [3.63, 3.8) is 0 Å². The molecule has 0 N–H and O–H groups in total. The van der Waals surface area contributed by atoms with Crippen molar-refractivity contribution in [3.8, 4) is 0 Å². The van der Waals surface area contributed by atoms with E-state index in [1.54, 1.807) is 12.4 Å². The number of hydrogen-bond donors (Lipinski definition) is 0. The van der Waals surface area contributed by atoms with Crippen LogP contribution in [0.4, 0.5) is 0 Å². The third-order valence-corrected chi connectivity index (χ3v) is 5.44. The molecule has 1 aromatic carbocycles. The predicted octanol–water partition coefficient (Wildman–Crippen LogP) is 5.74. The fraction of sp³-hybridized carbons (Fsp3) is 0.435. The summed E-state index contributed by atoms with van der Waals surface area (Å²) in [6.45, 7) is 8.87. The standard InChI is InChI=1S/C23H29NO2/c1-5-16(2)22-17(3)25-23(26-18(22)4)21-10-8-19(9-11-21)6-7-20-12-14-24-15-13-20/h6-18,22-23H,5H2,1-4H3. The molecular formula is C23H29NO2. The first kappa shape index (κ1) is 18.8. The number of rotatable bonds is 5. The summed E-state index contributed by atoms with van der Waals surface area (Å²) >= 11 is 0.